The molecule has 0 spiro atoms. The first-order chi connectivity index (χ1) is 9.41. The van der Waals surface area contributed by atoms with Crippen molar-refractivity contribution in [1.82, 2.24) is 10.6 Å². The normalized spacial score (nSPS) is 11.1. The van der Waals surface area contributed by atoms with Crippen molar-refractivity contribution in [1.29, 1.82) is 0 Å². The Kier molecular flexibility index (Phi) is 17.8. The lowest BCUT2D eigenvalue weighted by Crippen LogP contribution is -2.24. The quantitative estimate of drug-likeness (QED) is 0.378. The second-order valence-corrected chi connectivity index (χ2v) is 5.47. The molecule has 0 atom stereocenters. The molecular weight excluding hydrogens is 234 g/mol. The van der Waals surface area contributed by atoms with Crippen molar-refractivity contribution in [3.63, 3.8) is 0 Å². The van der Waals surface area contributed by atoms with Crippen molar-refractivity contribution in [2.45, 2.75) is 71.1 Å². The Bertz CT molecular complexity index is 135. The lowest BCUT2D eigenvalue weighted by atomic mass is 10.1. The molecule has 116 valence electrons. The minimum absolute atomic E-state index is 0.795. The summed E-state index contributed by atoms with van der Waals surface area (Å²) in [6.45, 7) is 7.59. The number of nitrogens with one attached hydrogen (secondary N) is 2. The summed E-state index contributed by atoms with van der Waals surface area (Å²) in [6, 6.07) is 0. The van der Waals surface area contributed by atoms with E-state index in [0.717, 1.165) is 32.6 Å². The van der Waals surface area contributed by atoms with Crippen LogP contribution in [0.15, 0.2) is 0 Å². The van der Waals surface area contributed by atoms with Crippen LogP contribution in [0.4, 0.5) is 0 Å². The Morgan fingerprint density at radius 2 is 1.05 bits per heavy atom. The molecule has 0 amide bonds. The van der Waals surface area contributed by atoms with Crippen molar-refractivity contribution in [3.8, 4) is 0 Å². The molecule has 0 fully saturated rings. The molecule has 0 aromatic rings. The van der Waals surface area contributed by atoms with Crippen molar-refractivity contribution in [3.05, 3.63) is 0 Å². The third kappa shape index (κ3) is 17.9. The zero-order valence-electron chi connectivity index (χ0n) is 13.2. The highest BCUT2D eigenvalue weighted by Gasteiger charge is 1.92. The van der Waals surface area contributed by atoms with E-state index in [2.05, 4.69) is 17.6 Å². The molecule has 0 saturated carbocycles. The highest BCUT2D eigenvalue weighted by Crippen LogP contribution is 2.07. The van der Waals surface area contributed by atoms with Gasteiger partial charge >= 0.3 is 0 Å². The van der Waals surface area contributed by atoms with Gasteiger partial charge < -0.3 is 16.4 Å². The Morgan fingerprint density at radius 1 is 0.579 bits per heavy atom. The molecule has 4 N–H and O–H groups in total. The molecule has 0 aliphatic rings. The van der Waals surface area contributed by atoms with Crippen LogP contribution in [0.1, 0.15) is 71.1 Å². The van der Waals surface area contributed by atoms with E-state index in [9.17, 15) is 0 Å². The largest absolute Gasteiger partial charge is 0.330 e. The molecule has 0 aromatic heterocycles. The molecule has 3 nitrogen and oxygen atoms in total. The molecule has 19 heavy (non-hydrogen) atoms. The molecule has 0 unspecified atom stereocenters. The summed E-state index contributed by atoms with van der Waals surface area (Å²) >= 11 is 0. The predicted octanol–water partition coefficient (Wildman–Crippen LogP) is 3.05. The van der Waals surface area contributed by atoms with Crippen LogP contribution in [0.2, 0.25) is 0 Å². The second kappa shape index (κ2) is 17.9. The Morgan fingerprint density at radius 3 is 1.63 bits per heavy atom. The predicted molar refractivity (Wildman–Crippen MR) is 86.6 cm³/mol. The zero-order chi connectivity index (χ0) is 14.0. The minimum atomic E-state index is 0.795. The SMILES string of the molecule is CCCCCCCCCCNCCCNCCCN. The number of rotatable bonds is 16. The van der Waals surface area contributed by atoms with E-state index in [0.29, 0.717) is 0 Å². The number of hydrogen-bond acceptors (Lipinski definition) is 3. The van der Waals surface area contributed by atoms with E-state index >= 15 is 0 Å². The van der Waals surface area contributed by atoms with Gasteiger partial charge in [0.1, 0.15) is 0 Å². The summed E-state index contributed by atoms with van der Waals surface area (Å²) < 4.78 is 0. The van der Waals surface area contributed by atoms with Crippen LogP contribution in [0, 0.1) is 0 Å². The Labute approximate surface area is 121 Å². The summed E-state index contributed by atoms with van der Waals surface area (Å²) in [7, 11) is 0. The lowest BCUT2D eigenvalue weighted by molar-refractivity contribution is 0.542. The number of hydrogen-bond donors (Lipinski definition) is 3. The summed E-state index contributed by atoms with van der Waals surface area (Å²) in [6.07, 6.45) is 13.6. The molecule has 0 aliphatic heterocycles. The first-order valence-corrected chi connectivity index (χ1v) is 8.53. The minimum Gasteiger partial charge on any atom is -0.330 e. The highest BCUT2D eigenvalue weighted by molar-refractivity contribution is 4.53. The molecule has 3 heteroatoms. The van der Waals surface area contributed by atoms with Gasteiger partial charge in [0.2, 0.25) is 0 Å². The maximum atomic E-state index is 5.43. The van der Waals surface area contributed by atoms with Crippen LogP contribution >= 0.6 is 0 Å². The van der Waals surface area contributed by atoms with Crippen LogP contribution in [0.3, 0.4) is 0 Å². The van der Waals surface area contributed by atoms with Crippen LogP contribution < -0.4 is 16.4 Å². The van der Waals surface area contributed by atoms with E-state index < -0.39 is 0 Å². The van der Waals surface area contributed by atoms with Gasteiger partial charge in [0.15, 0.2) is 0 Å². The topological polar surface area (TPSA) is 50.1 Å². The van der Waals surface area contributed by atoms with Gasteiger partial charge in [-0.1, -0.05) is 51.9 Å². The maximum absolute atomic E-state index is 5.43. The molecule has 0 rings (SSSR count). The van der Waals surface area contributed by atoms with E-state index in [4.69, 9.17) is 5.73 Å². The maximum Gasteiger partial charge on any atom is -0.00368 e. The summed E-state index contributed by atoms with van der Waals surface area (Å²) in [4.78, 5) is 0. The summed E-state index contributed by atoms with van der Waals surface area (Å²) in [5.41, 5.74) is 5.43. The molecule has 0 aliphatic carbocycles. The van der Waals surface area contributed by atoms with Gasteiger partial charge in [-0.2, -0.15) is 0 Å². The van der Waals surface area contributed by atoms with E-state index in [1.165, 1.54) is 64.3 Å². The molecular formula is C16H37N3. The van der Waals surface area contributed by atoms with Gasteiger partial charge in [-0.15, -0.1) is 0 Å². The highest BCUT2D eigenvalue weighted by atomic mass is 14.9. The van der Waals surface area contributed by atoms with Crippen molar-refractivity contribution in [2.24, 2.45) is 5.73 Å². The standard InChI is InChI=1S/C16H37N3/c1-2-3-4-5-6-7-8-9-13-18-15-11-16-19-14-10-12-17/h18-19H,2-17H2,1H3. The molecule has 0 bridgehead atoms. The Balaban J connectivity index is 2.88. The third-order valence-corrected chi connectivity index (χ3v) is 3.47. The average Bonchev–Trinajstić information content (AvgIpc) is 2.43. The van der Waals surface area contributed by atoms with Crippen LogP contribution in [0.5, 0.6) is 0 Å². The van der Waals surface area contributed by atoms with Crippen LogP contribution in [0.25, 0.3) is 0 Å². The van der Waals surface area contributed by atoms with Crippen LogP contribution in [-0.2, 0) is 0 Å². The van der Waals surface area contributed by atoms with Gasteiger partial charge in [-0.05, 0) is 52.0 Å². The number of nitrogens with two attached hydrogens (primary N) is 1. The monoisotopic (exact) mass is 271 g/mol. The molecule has 0 aromatic carbocycles. The van der Waals surface area contributed by atoms with Gasteiger partial charge in [-0.25, -0.2) is 0 Å². The second-order valence-electron chi connectivity index (χ2n) is 5.47. The van der Waals surface area contributed by atoms with Gasteiger partial charge in [0.25, 0.3) is 0 Å². The van der Waals surface area contributed by atoms with Gasteiger partial charge in [0, 0.05) is 0 Å². The van der Waals surface area contributed by atoms with Crippen molar-refractivity contribution in [2.75, 3.05) is 32.7 Å². The van der Waals surface area contributed by atoms with Crippen molar-refractivity contribution >= 4 is 0 Å². The average molecular weight is 271 g/mol. The third-order valence-electron chi connectivity index (χ3n) is 3.47. The fraction of sp³-hybridized carbons (Fsp3) is 1.00. The lowest BCUT2D eigenvalue weighted by Gasteiger charge is -2.06. The molecule has 0 radical (unpaired) electrons. The van der Waals surface area contributed by atoms with Gasteiger partial charge in [-0.3, -0.25) is 0 Å². The fourth-order valence-corrected chi connectivity index (χ4v) is 2.20. The van der Waals surface area contributed by atoms with Crippen LogP contribution in [-0.4, -0.2) is 32.7 Å². The fourth-order valence-electron chi connectivity index (χ4n) is 2.20. The zero-order valence-corrected chi connectivity index (χ0v) is 13.2. The van der Waals surface area contributed by atoms with E-state index in [-0.39, 0.29) is 0 Å². The summed E-state index contributed by atoms with van der Waals surface area (Å²) in [5.74, 6) is 0. The molecule has 0 heterocycles. The molecule has 0 saturated heterocycles. The first kappa shape index (κ1) is 18.9. The van der Waals surface area contributed by atoms with Crippen molar-refractivity contribution < 1.29 is 0 Å². The smallest absolute Gasteiger partial charge is 0.00368 e. The van der Waals surface area contributed by atoms with E-state index in [1.807, 2.05) is 0 Å². The Hall–Kier alpha value is -0.120. The number of unbranched alkanes of at least 4 members (excludes halogenated alkanes) is 7. The van der Waals surface area contributed by atoms with E-state index in [1.54, 1.807) is 0 Å². The van der Waals surface area contributed by atoms with Gasteiger partial charge in [0.05, 0.1) is 0 Å². The first-order valence-electron chi connectivity index (χ1n) is 8.53. The summed E-state index contributed by atoms with van der Waals surface area (Å²) in [5, 5.41) is 6.92.